The van der Waals surface area contributed by atoms with Gasteiger partial charge in [0.1, 0.15) is 28.8 Å². The lowest BCUT2D eigenvalue weighted by molar-refractivity contribution is -0.138. The van der Waals surface area contributed by atoms with Crippen molar-refractivity contribution >= 4 is 22.7 Å². The minimum Gasteiger partial charge on any atom is -0.368 e. The maximum atomic E-state index is 14.4. The van der Waals surface area contributed by atoms with Gasteiger partial charge in [0.05, 0.1) is 28.3 Å². The van der Waals surface area contributed by atoms with Gasteiger partial charge in [0.25, 0.3) is 5.56 Å². The lowest BCUT2D eigenvalue weighted by Crippen LogP contribution is -2.33. The maximum absolute atomic E-state index is 14.4. The number of rotatable bonds is 3. The summed E-state index contributed by atoms with van der Waals surface area (Å²) in [5.74, 6) is -1.22. The van der Waals surface area contributed by atoms with E-state index in [-0.39, 0.29) is 34.4 Å². The van der Waals surface area contributed by atoms with Gasteiger partial charge in [-0.15, -0.1) is 0 Å². The molecule has 188 valence electrons. The first-order valence-electron chi connectivity index (χ1n) is 11.3. The van der Waals surface area contributed by atoms with E-state index in [1.165, 1.54) is 0 Å². The number of anilines is 2. The van der Waals surface area contributed by atoms with Gasteiger partial charge in [0, 0.05) is 6.54 Å². The third-order valence-electron chi connectivity index (χ3n) is 6.33. The SMILES string of the molecule is Cc1nc(N)nc(N2CCC[C@H]2c2nc3ccc(F)c(C(F)(F)F)c3c(=O)n2-c2ccccc2)c1C#N. The van der Waals surface area contributed by atoms with E-state index in [1.54, 1.807) is 42.2 Å². The van der Waals surface area contributed by atoms with Crippen molar-refractivity contribution in [3.8, 4) is 11.8 Å². The van der Waals surface area contributed by atoms with Crippen molar-refractivity contribution in [1.82, 2.24) is 19.5 Å². The first kappa shape index (κ1) is 24.2. The predicted molar refractivity (Wildman–Crippen MR) is 128 cm³/mol. The minimum absolute atomic E-state index is 0.0469. The fourth-order valence-electron chi connectivity index (χ4n) is 4.80. The molecule has 12 heteroatoms. The zero-order valence-corrected chi connectivity index (χ0v) is 19.4. The van der Waals surface area contributed by atoms with Gasteiger partial charge in [-0.3, -0.25) is 9.36 Å². The quantitative estimate of drug-likeness (QED) is 0.406. The zero-order chi connectivity index (χ0) is 26.5. The molecule has 1 aliphatic rings. The number of fused-ring (bicyclic) bond motifs is 1. The Morgan fingerprint density at radius 2 is 1.84 bits per heavy atom. The molecule has 5 rings (SSSR count). The van der Waals surface area contributed by atoms with E-state index in [9.17, 15) is 27.6 Å². The first-order valence-corrected chi connectivity index (χ1v) is 11.3. The number of nitrogens with zero attached hydrogens (tertiary/aromatic N) is 6. The highest BCUT2D eigenvalue weighted by molar-refractivity contribution is 5.83. The number of hydrogen-bond acceptors (Lipinski definition) is 7. The van der Waals surface area contributed by atoms with Crippen molar-refractivity contribution in [2.75, 3.05) is 17.2 Å². The first-order chi connectivity index (χ1) is 17.6. The number of nitrogens with two attached hydrogens (primary N) is 1. The summed E-state index contributed by atoms with van der Waals surface area (Å²) in [5, 5.41) is 8.89. The van der Waals surface area contributed by atoms with Crippen molar-refractivity contribution < 1.29 is 17.6 Å². The maximum Gasteiger partial charge on any atom is 0.420 e. The number of alkyl halides is 3. The van der Waals surface area contributed by atoms with Crippen LogP contribution >= 0.6 is 0 Å². The van der Waals surface area contributed by atoms with E-state index in [4.69, 9.17) is 5.73 Å². The Morgan fingerprint density at radius 1 is 1.11 bits per heavy atom. The molecular weight excluding hydrogens is 490 g/mol. The Morgan fingerprint density at radius 3 is 2.51 bits per heavy atom. The Bertz CT molecular complexity index is 1630. The molecule has 1 aliphatic heterocycles. The molecule has 0 aliphatic carbocycles. The van der Waals surface area contributed by atoms with Crippen LogP contribution in [0.3, 0.4) is 0 Å². The molecule has 3 heterocycles. The molecular formula is C25H19F4N7O. The molecule has 0 saturated carbocycles. The molecule has 1 saturated heterocycles. The molecule has 0 radical (unpaired) electrons. The lowest BCUT2D eigenvalue weighted by atomic mass is 10.1. The van der Waals surface area contributed by atoms with Crippen LogP contribution in [0.1, 0.15) is 41.5 Å². The van der Waals surface area contributed by atoms with E-state index >= 15 is 0 Å². The summed E-state index contributed by atoms with van der Waals surface area (Å²) in [7, 11) is 0. The molecule has 1 atom stereocenters. The summed E-state index contributed by atoms with van der Waals surface area (Å²) in [6.45, 7) is 2.04. The van der Waals surface area contributed by atoms with Crippen LogP contribution in [0.25, 0.3) is 16.6 Å². The van der Waals surface area contributed by atoms with Crippen LogP contribution in [0.5, 0.6) is 0 Å². The van der Waals surface area contributed by atoms with E-state index < -0.39 is 34.5 Å². The molecule has 0 spiro atoms. The predicted octanol–water partition coefficient (Wildman–Crippen LogP) is 4.44. The lowest BCUT2D eigenvalue weighted by Gasteiger charge is -2.28. The van der Waals surface area contributed by atoms with Crippen LogP contribution in [0.15, 0.2) is 47.3 Å². The molecule has 2 aromatic heterocycles. The van der Waals surface area contributed by atoms with Crippen molar-refractivity contribution in [1.29, 1.82) is 5.26 Å². The Hall–Kier alpha value is -4.53. The normalized spacial score (nSPS) is 15.8. The van der Waals surface area contributed by atoms with Gasteiger partial charge < -0.3 is 10.6 Å². The van der Waals surface area contributed by atoms with Crippen molar-refractivity contribution in [3.63, 3.8) is 0 Å². The number of hydrogen-bond donors (Lipinski definition) is 1. The van der Waals surface area contributed by atoms with Crippen molar-refractivity contribution in [2.24, 2.45) is 0 Å². The minimum atomic E-state index is -5.11. The van der Waals surface area contributed by atoms with Gasteiger partial charge in [-0.2, -0.15) is 23.4 Å². The van der Waals surface area contributed by atoms with Gasteiger partial charge in [-0.05, 0) is 44.0 Å². The number of halogens is 4. The Balaban J connectivity index is 1.83. The summed E-state index contributed by atoms with van der Waals surface area (Å²) in [5.41, 5.74) is 3.68. The van der Waals surface area contributed by atoms with Crippen LogP contribution in [-0.2, 0) is 6.18 Å². The number of nitrogen functional groups attached to an aromatic ring is 1. The van der Waals surface area contributed by atoms with Gasteiger partial charge in [0.2, 0.25) is 5.95 Å². The van der Waals surface area contributed by atoms with Crippen LogP contribution in [0.4, 0.5) is 29.3 Å². The highest BCUT2D eigenvalue weighted by Crippen LogP contribution is 2.39. The summed E-state index contributed by atoms with van der Waals surface area (Å²) >= 11 is 0. The van der Waals surface area contributed by atoms with E-state index in [0.717, 1.165) is 10.6 Å². The summed E-state index contributed by atoms with van der Waals surface area (Å²) < 4.78 is 57.1. The van der Waals surface area contributed by atoms with Gasteiger partial charge in [-0.1, -0.05) is 18.2 Å². The molecule has 37 heavy (non-hydrogen) atoms. The molecule has 0 unspecified atom stereocenters. The van der Waals surface area contributed by atoms with Crippen LogP contribution in [0, 0.1) is 24.1 Å². The second-order valence-electron chi connectivity index (χ2n) is 8.59. The fourth-order valence-corrected chi connectivity index (χ4v) is 4.80. The number of benzene rings is 2. The Labute approximate surface area is 207 Å². The Kier molecular flexibility index (Phi) is 5.78. The molecule has 8 nitrogen and oxygen atoms in total. The topological polar surface area (TPSA) is 114 Å². The number of aryl methyl sites for hydroxylation is 1. The number of nitriles is 1. The van der Waals surface area contributed by atoms with Gasteiger partial charge in [0.15, 0.2) is 5.82 Å². The number of para-hydroxylation sites is 1. The molecule has 2 aromatic carbocycles. The molecule has 4 aromatic rings. The highest BCUT2D eigenvalue weighted by atomic mass is 19.4. The molecule has 1 fully saturated rings. The molecule has 0 amide bonds. The van der Waals surface area contributed by atoms with Crippen molar-refractivity contribution in [2.45, 2.75) is 32.0 Å². The molecule has 0 bridgehead atoms. The summed E-state index contributed by atoms with van der Waals surface area (Å²) in [6.07, 6.45) is -4.03. The highest BCUT2D eigenvalue weighted by Gasteiger charge is 2.39. The largest absolute Gasteiger partial charge is 0.420 e. The van der Waals surface area contributed by atoms with Crippen LogP contribution in [-0.4, -0.2) is 26.1 Å². The van der Waals surface area contributed by atoms with Crippen LogP contribution < -0.4 is 16.2 Å². The fraction of sp³-hybridized carbons (Fsp3) is 0.240. The molecule has 2 N–H and O–H groups in total. The van der Waals surface area contributed by atoms with Gasteiger partial charge >= 0.3 is 6.18 Å². The van der Waals surface area contributed by atoms with E-state index in [1.807, 2.05) is 0 Å². The van der Waals surface area contributed by atoms with Crippen molar-refractivity contribution in [3.05, 3.63) is 81.3 Å². The van der Waals surface area contributed by atoms with E-state index in [0.29, 0.717) is 31.1 Å². The average Bonchev–Trinajstić information content (AvgIpc) is 3.33. The second-order valence-corrected chi connectivity index (χ2v) is 8.59. The van der Waals surface area contributed by atoms with E-state index in [2.05, 4.69) is 21.0 Å². The second kappa shape index (κ2) is 8.85. The summed E-state index contributed by atoms with van der Waals surface area (Å²) in [4.78, 5) is 28.3. The van der Waals surface area contributed by atoms with Gasteiger partial charge in [-0.25, -0.2) is 14.4 Å². The smallest absolute Gasteiger partial charge is 0.368 e. The van der Waals surface area contributed by atoms with Crippen LogP contribution in [0.2, 0.25) is 0 Å². The number of aromatic nitrogens is 4. The average molecular weight is 509 g/mol. The standard InChI is InChI=1S/C25H19F4N7O/c1-13-15(12-30)21(34-24(31)32-13)35-11-5-8-18(35)22-33-17-10-9-16(26)20(25(27,28)29)19(17)23(37)36(22)14-6-3-2-4-7-14/h2-4,6-7,9-10,18H,5,8,11H2,1H3,(H2,31,32,34)/t18-/m0/s1. The third-order valence-corrected chi connectivity index (χ3v) is 6.33. The third kappa shape index (κ3) is 4.02. The zero-order valence-electron chi connectivity index (χ0n) is 19.4. The summed E-state index contributed by atoms with van der Waals surface area (Å²) in [6, 6.07) is 11.2. The monoisotopic (exact) mass is 509 g/mol.